The van der Waals surface area contributed by atoms with Gasteiger partial charge < -0.3 is 10.4 Å². The minimum Gasteiger partial charge on any atom is -0.384 e. The molecule has 1 unspecified atom stereocenters. The number of alkyl halides is 3. The van der Waals surface area contributed by atoms with Gasteiger partial charge in [0.1, 0.15) is 5.60 Å². The molecule has 1 aliphatic rings. The standard InChI is InChI=1S/C17H17F3N2O/c18-17(19,20)14-6-3-9-22-15(14)10-21-11-16(23)8-7-12-4-1-2-5-13(12)16/h1-6,9,21,23H,7-8,10-11H2. The van der Waals surface area contributed by atoms with Crippen molar-refractivity contribution in [1.82, 2.24) is 10.3 Å². The van der Waals surface area contributed by atoms with Crippen molar-refractivity contribution in [3.63, 3.8) is 0 Å². The fourth-order valence-electron chi connectivity index (χ4n) is 3.08. The Bertz CT molecular complexity index is 702. The van der Waals surface area contributed by atoms with Gasteiger partial charge in [0.15, 0.2) is 0 Å². The molecule has 1 aromatic heterocycles. The second-order valence-corrected chi connectivity index (χ2v) is 5.79. The minimum absolute atomic E-state index is 0.0415. The van der Waals surface area contributed by atoms with E-state index in [1.54, 1.807) is 0 Å². The van der Waals surface area contributed by atoms with Gasteiger partial charge in [0.2, 0.25) is 0 Å². The number of nitrogens with one attached hydrogen (secondary N) is 1. The highest BCUT2D eigenvalue weighted by Crippen LogP contribution is 2.36. The van der Waals surface area contributed by atoms with Crippen molar-refractivity contribution in [2.75, 3.05) is 6.54 Å². The van der Waals surface area contributed by atoms with Crippen molar-refractivity contribution < 1.29 is 18.3 Å². The lowest BCUT2D eigenvalue weighted by atomic mass is 9.96. The summed E-state index contributed by atoms with van der Waals surface area (Å²) in [5.74, 6) is 0. The molecular weight excluding hydrogens is 305 g/mol. The molecule has 3 nitrogen and oxygen atoms in total. The summed E-state index contributed by atoms with van der Waals surface area (Å²) in [7, 11) is 0. The second kappa shape index (κ2) is 5.94. The Balaban J connectivity index is 1.70. The van der Waals surface area contributed by atoms with Gasteiger partial charge in [0, 0.05) is 19.3 Å². The number of halogens is 3. The van der Waals surface area contributed by atoms with Gasteiger partial charge in [0.25, 0.3) is 0 Å². The number of aryl methyl sites for hydroxylation is 1. The van der Waals surface area contributed by atoms with Gasteiger partial charge in [-0.15, -0.1) is 0 Å². The average Bonchev–Trinajstić information content (AvgIpc) is 2.85. The molecule has 1 heterocycles. The molecule has 0 saturated carbocycles. The molecule has 1 atom stereocenters. The lowest BCUT2D eigenvalue weighted by molar-refractivity contribution is -0.138. The Morgan fingerprint density at radius 1 is 1.17 bits per heavy atom. The molecule has 3 rings (SSSR count). The number of nitrogens with zero attached hydrogens (tertiary/aromatic N) is 1. The molecule has 1 aliphatic carbocycles. The van der Waals surface area contributed by atoms with E-state index < -0.39 is 17.3 Å². The largest absolute Gasteiger partial charge is 0.418 e. The third-order valence-corrected chi connectivity index (χ3v) is 4.23. The number of pyridine rings is 1. The Morgan fingerprint density at radius 3 is 2.74 bits per heavy atom. The molecular formula is C17H17F3N2O. The number of hydrogen-bond donors (Lipinski definition) is 2. The minimum atomic E-state index is -4.43. The number of fused-ring (bicyclic) bond motifs is 1. The normalized spacial score (nSPS) is 20.5. The van der Waals surface area contributed by atoms with E-state index in [9.17, 15) is 18.3 Å². The third-order valence-electron chi connectivity index (χ3n) is 4.23. The topological polar surface area (TPSA) is 45.1 Å². The molecule has 2 aromatic rings. The van der Waals surface area contributed by atoms with Crippen LogP contribution in [0.1, 0.15) is 28.8 Å². The van der Waals surface area contributed by atoms with E-state index in [0.717, 1.165) is 23.6 Å². The number of hydrogen-bond acceptors (Lipinski definition) is 3. The summed E-state index contributed by atoms with van der Waals surface area (Å²) >= 11 is 0. The molecule has 1 aromatic carbocycles. The van der Waals surface area contributed by atoms with Crippen molar-refractivity contribution in [1.29, 1.82) is 0 Å². The van der Waals surface area contributed by atoms with Crippen LogP contribution in [0.2, 0.25) is 0 Å². The monoisotopic (exact) mass is 322 g/mol. The van der Waals surface area contributed by atoms with Gasteiger partial charge in [0.05, 0.1) is 11.3 Å². The van der Waals surface area contributed by atoms with Crippen LogP contribution in [0.15, 0.2) is 42.6 Å². The summed E-state index contributed by atoms with van der Waals surface area (Å²) < 4.78 is 38.8. The lowest BCUT2D eigenvalue weighted by Crippen LogP contribution is -2.36. The van der Waals surface area contributed by atoms with E-state index in [1.165, 1.54) is 12.3 Å². The molecule has 2 N–H and O–H groups in total. The summed E-state index contributed by atoms with van der Waals surface area (Å²) in [6.07, 6.45) is -1.76. The maximum Gasteiger partial charge on any atom is 0.418 e. The SMILES string of the molecule is OC1(CNCc2ncccc2C(F)(F)F)CCc2ccccc21. The zero-order valence-corrected chi connectivity index (χ0v) is 12.4. The smallest absolute Gasteiger partial charge is 0.384 e. The molecule has 122 valence electrons. The van der Waals surface area contributed by atoms with Gasteiger partial charge in [-0.2, -0.15) is 13.2 Å². The molecule has 0 spiro atoms. The summed E-state index contributed by atoms with van der Waals surface area (Å²) in [5, 5.41) is 13.7. The highest BCUT2D eigenvalue weighted by molar-refractivity contribution is 5.37. The van der Waals surface area contributed by atoms with Crippen molar-refractivity contribution in [2.24, 2.45) is 0 Å². The molecule has 0 fully saturated rings. The van der Waals surface area contributed by atoms with Crippen LogP contribution in [-0.2, 0) is 24.7 Å². The molecule has 0 bridgehead atoms. The van der Waals surface area contributed by atoms with Gasteiger partial charge in [-0.05, 0) is 36.1 Å². The van der Waals surface area contributed by atoms with Crippen LogP contribution in [-0.4, -0.2) is 16.6 Å². The molecule has 0 saturated heterocycles. The van der Waals surface area contributed by atoms with Crippen LogP contribution < -0.4 is 5.32 Å². The summed E-state index contributed by atoms with van der Waals surface area (Å²) in [4.78, 5) is 3.81. The van der Waals surface area contributed by atoms with Gasteiger partial charge in [-0.3, -0.25) is 4.98 Å². The second-order valence-electron chi connectivity index (χ2n) is 5.79. The first-order valence-electron chi connectivity index (χ1n) is 7.43. The summed E-state index contributed by atoms with van der Waals surface area (Å²) in [6.45, 7) is 0.151. The van der Waals surface area contributed by atoms with Gasteiger partial charge in [-0.25, -0.2) is 0 Å². The molecule has 23 heavy (non-hydrogen) atoms. The first-order chi connectivity index (χ1) is 10.9. The van der Waals surface area contributed by atoms with Crippen molar-refractivity contribution in [3.8, 4) is 0 Å². The van der Waals surface area contributed by atoms with E-state index in [2.05, 4.69) is 10.3 Å². The quantitative estimate of drug-likeness (QED) is 0.909. The fourth-order valence-corrected chi connectivity index (χ4v) is 3.08. The summed E-state index contributed by atoms with van der Waals surface area (Å²) in [5.41, 5.74) is 0.0976. The van der Waals surface area contributed by atoms with Crippen molar-refractivity contribution in [3.05, 3.63) is 65.0 Å². The van der Waals surface area contributed by atoms with Crippen LogP contribution >= 0.6 is 0 Å². The zero-order chi connectivity index (χ0) is 16.5. The van der Waals surface area contributed by atoms with Crippen LogP contribution in [0.3, 0.4) is 0 Å². The Labute approximate surface area is 132 Å². The van der Waals surface area contributed by atoms with Crippen molar-refractivity contribution >= 4 is 0 Å². The number of aromatic nitrogens is 1. The van der Waals surface area contributed by atoms with E-state index in [-0.39, 0.29) is 18.8 Å². The highest BCUT2D eigenvalue weighted by atomic mass is 19.4. The van der Waals surface area contributed by atoms with E-state index in [1.807, 2.05) is 24.3 Å². The van der Waals surface area contributed by atoms with E-state index >= 15 is 0 Å². The molecule has 0 amide bonds. The third kappa shape index (κ3) is 3.23. The van der Waals surface area contributed by atoms with Crippen LogP contribution in [0.25, 0.3) is 0 Å². The Kier molecular flexibility index (Phi) is 4.12. The number of aliphatic hydroxyl groups is 1. The number of benzene rings is 1. The number of rotatable bonds is 4. The molecule has 0 radical (unpaired) electrons. The summed E-state index contributed by atoms with van der Waals surface area (Å²) in [6, 6.07) is 9.90. The molecule has 0 aliphatic heterocycles. The van der Waals surface area contributed by atoms with Crippen LogP contribution in [0, 0.1) is 0 Å². The van der Waals surface area contributed by atoms with Gasteiger partial charge >= 0.3 is 6.18 Å². The lowest BCUT2D eigenvalue weighted by Gasteiger charge is -2.24. The van der Waals surface area contributed by atoms with Crippen LogP contribution in [0.4, 0.5) is 13.2 Å². The predicted molar refractivity (Wildman–Crippen MR) is 79.6 cm³/mol. The first kappa shape index (κ1) is 16.0. The van der Waals surface area contributed by atoms with Crippen LogP contribution in [0.5, 0.6) is 0 Å². The predicted octanol–water partition coefficient (Wildman–Crippen LogP) is 3.02. The molecule has 6 heteroatoms. The highest BCUT2D eigenvalue weighted by Gasteiger charge is 2.37. The first-order valence-corrected chi connectivity index (χ1v) is 7.43. The van der Waals surface area contributed by atoms with E-state index in [4.69, 9.17) is 0 Å². The Hall–Kier alpha value is -1.92. The average molecular weight is 322 g/mol. The van der Waals surface area contributed by atoms with E-state index in [0.29, 0.717) is 6.42 Å². The van der Waals surface area contributed by atoms with Gasteiger partial charge in [-0.1, -0.05) is 24.3 Å². The Morgan fingerprint density at radius 2 is 1.96 bits per heavy atom. The zero-order valence-electron chi connectivity index (χ0n) is 12.4. The fraction of sp³-hybridized carbons (Fsp3) is 0.353. The van der Waals surface area contributed by atoms with Crippen molar-refractivity contribution in [2.45, 2.75) is 31.2 Å². The maximum atomic E-state index is 12.9. The maximum absolute atomic E-state index is 12.9.